The van der Waals surface area contributed by atoms with Gasteiger partial charge in [-0.25, -0.2) is 0 Å². The lowest BCUT2D eigenvalue weighted by molar-refractivity contribution is -0.594. The van der Waals surface area contributed by atoms with Gasteiger partial charge in [0.05, 0.1) is 24.7 Å². The lowest BCUT2D eigenvalue weighted by Crippen LogP contribution is -2.29. The minimum absolute atomic E-state index is 0.427. The van der Waals surface area contributed by atoms with Crippen molar-refractivity contribution in [1.29, 1.82) is 0 Å². The fourth-order valence-electron chi connectivity index (χ4n) is 1.56. The minimum atomic E-state index is 0.427. The molecule has 0 aliphatic carbocycles. The summed E-state index contributed by atoms with van der Waals surface area (Å²) in [4.78, 5) is 0.969. The monoisotopic (exact) mass is 265 g/mol. The molecule has 0 aliphatic rings. The van der Waals surface area contributed by atoms with Crippen LogP contribution in [0.25, 0.3) is 10.6 Å². The van der Waals surface area contributed by atoms with Gasteiger partial charge in [-0.2, -0.15) is 4.73 Å². The van der Waals surface area contributed by atoms with E-state index < -0.39 is 0 Å². The van der Waals surface area contributed by atoms with Crippen molar-refractivity contribution >= 4 is 11.3 Å². The molecule has 2 aromatic heterocycles. The molecule has 18 heavy (non-hydrogen) atoms. The molecule has 0 saturated carbocycles. The van der Waals surface area contributed by atoms with Gasteiger partial charge < -0.3 is 14.7 Å². The van der Waals surface area contributed by atoms with Crippen molar-refractivity contribution < 1.29 is 14.2 Å². The molecule has 0 bridgehead atoms. The Hall–Kier alpha value is -1.43. The predicted octanol–water partition coefficient (Wildman–Crippen LogP) is 2.21. The highest BCUT2D eigenvalue weighted by Crippen LogP contribution is 2.21. The molecule has 4 nitrogen and oxygen atoms in total. The van der Waals surface area contributed by atoms with Gasteiger partial charge in [-0.3, -0.25) is 0 Å². The van der Waals surface area contributed by atoms with E-state index >= 15 is 0 Å². The quantitative estimate of drug-likeness (QED) is 0.457. The fourth-order valence-corrected chi connectivity index (χ4v) is 2.29. The Morgan fingerprint density at radius 1 is 1.28 bits per heavy atom. The van der Waals surface area contributed by atoms with Gasteiger partial charge in [-0.1, -0.05) is 6.07 Å². The van der Waals surface area contributed by atoms with E-state index in [0.29, 0.717) is 25.5 Å². The molecule has 0 atom stereocenters. The van der Waals surface area contributed by atoms with Gasteiger partial charge in [0.2, 0.25) is 5.69 Å². The summed E-state index contributed by atoms with van der Waals surface area (Å²) in [5.41, 5.74) is 1.53. The molecule has 2 heterocycles. The molecule has 0 fully saturated rings. The number of rotatable bonds is 6. The van der Waals surface area contributed by atoms with Gasteiger partial charge in [-0.05, 0) is 17.5 Å². The zero-order valence-electron chi connectivity index (χ0n) is 10.2. The third kappa shape index (κ3) is 3.29. The third-order valence-corrected chi connectivity index (χ3v) is 3.34. The van der Waals surface area contributed by atoms with Crippen molar-refractivity contribution in [1.82, 2.24) is 0 Å². The Bertz CT molecular complexity index is 485. The van der Waals surface area contributed by atoms with E-state index in [4.69, 9.17) is 9.47 Å². The van der Waals surface area contributed by atoms with Crippen LogP contribution in [0, 0.1) is 5.21 Å². The summed E-state index contributed by atoms with van der Waals surface area (Å²) in [6.07, 6.45) is 1.56. The number of thiophene rings is 1. The van der Waals surface area contributed by atoms with Crippen LogP contribution in [0.4, 0.5) is 0 Å². The largest absolute Gasteiger partial charge is 0.618 e. The van der Waals surface area contributed by atoms with Crippen molar-refractivity contribution in [3.8, 4) is 10.6 Å². The second-order valence-corrected chi connectivity index (χ2v) is 4.72. The van der Waals surface area contributed by atoms with E-state index in [0.717, 1.165) is 15.2 Å². The summed E-state index contributed by atoms with van der Waals surface area (Å²) < 4.78 is 11.1. The number of nitrogens with zero attached hydrogens (tertiary/aromatic N) is 1. The average Bonchev–Trinajstić information content (AvgIpc) is 2.88. The van der Waals surface area contributed by atoms with E-state index in [-0.39, 0.29) is 0 Å². The Balaban J connectivity index is 2.01. The first-order valence-electron chi connectivity index (χ1n) is 5.64. The molecule has 0 N–H and O–H groups in total. The van der Waals surface area contributed by atoms with E-state index in [2.05, 4.69) is 0 Å². The molecule has 2 rings (SSSR count). The first-order chi connectivity index (χ1) is 8.81. The number of methoxy groups -OCH3 is 1. The normalized spacial score (nSPS) is 10.7. The van der Waals surface area contributed by atoms with Crippen LogP contribution in [0.2, 0.25) is 0 Å². The maximum atomic E-state index is 11.9. The Kier molecular flexibility index (Phi) is 4.69. The summed E-state index contributed by atoms with van der Waals surface area (Å²) in [7, 11) is 1.63. The molecule has 0 spiro atoms. The highest BCUT2D eigenvalue weighted by atomic mass is 32.1. The number of hydrogen-bond acceptors (Lipinski definition) is 4. The second-order valence-electron chi connectivity index (χ2n) is 3.77. The maximum Gasteiger partial charge on any atom is 0.233 e. The van der Waals surface area contributed by atoms with E-state index in [1.807, 2.05) is 29.6 Å². The van der Waals surface area contributed by atoms with Crippen molar-refractivity contribution in [2.24, 2.45) is 0 Å². The number of hydrogen-bond donors (Lipinski definition) is 0. The van der Waals surface area contributed by atoms with Crippen molar-refractivity contribution in [2.45, 2.75) is 6.61 Å². The van der Waals surface area contributed by atoms with Crippen LogP contribution in [-0.2, 0) is 16.1 Å². The first-order valence-corrected chi connectivity index (χ1v) is 6.52. The van der Waals surface area contributed by atoms with Gasteiger partial charge in [0.25, 0.3) is 0 Å². The lowest BCUT2D eigenvalue weighted by Gasteiger charge is -2.06. The first kappa shape index (κ1) is 13.0. The summed E-state index contributed by atoms with van der Waals surface area (Å²) in [5, 5.41) is 13.8. The Morgan fingerprint density at radius 2 is 2.17 bits per heavy atom. The molecule has 2 aromatic rings. The zero-order valence-corrected chi connectivity index (χ0v) is 11.0. The standard InChI is InChI=1S/C13H15NO3S/c1-16-6-7-17-10-11-4-5-12(14(15)9-11)13-3-2-8-18-13/h2-5,8-9H,6-7,10H2,1H3. The van der Waals surface area contributed by atoms with E-state index in [1.54, 1.807) is 24.6 Å². The maximum absolute atomic E-state index is 11.9. The molecular formula is C13H15NO3S. The van der Waals surface area contributed by atoms with Crippen LogP contribution < -0.4 is 4.73 Å². The molecule has 0 saturated heterocycles. The van der Waals surface area contributed by atoms with Crippen molar-refractivity contribution in [2.75, 3.05) is 20.3 Å². The smallest absolute Gasteiger partial charge is 0.233 e. The molecular weight excluding hydrogens is 250 g/mol. The third-order valence-electron chi connectivity index (χ3n) is 2.45. The predicted molar refractivity (Wildman–Crippen MR) is 70.2 cm³/mol. The van der Waals surface area contributed by atoms with Crippen molar-refractivity contribution in [3.63, 3.8) is 0 Å². The van der Waals surface area contributed by atoms with E-state index in [1.165, 1.54) is 0 Å². The average molecular weight is 265 g/mol. The Labute approximate surface area is 110 Å². The van der Waals surface area contributed by atoms with Crippen LogP contribution in [0.15, 0.2) is 35.8 Å². The lowest BCUT2D eigenvalue weighted by atomic mass is 10.2. The van der Waals surface area contributed by atoms with Crippen LogP contribution in [0.1, 0.15) is 5.56 Å². The number of ether oxygens (including phenoxy) is 2. The fraction of sp³-hybridized carbons (Fsp3) is 0.308. The van der Waals surface area contributed by atoms with Gasteiger partial charge in [-0.15, -0.1) is 11.3 Å². The molecule has 5 heteroatoms. The SMILES string of the molecule is COCCOCc1ccc(-c2cccs2)[n+]([O-])c1. The zero-order chi connectivity index (χ0) is 12.8. The number of aromatic nitrogens is 1. The number of pyridine rings is 1. The van der Waals surface area contributed by atoms with Crippen LogP contribution >= 0.6 is 11.3 Å². The second kappa shape index (κ2) is 6.49. The molecule has 96 valence electrons. The van der Waals surface area contributed by atoms with Crippen LogP contribution in [0.3, 0.4) is 0 Å². The Morgan fingerprint density at radius 3 is 2.83 bits per heavy atom. The van der Waals surface area contributed by atoms with Gasteiger partial charge >= 0.3 is 0 Å². The summed E-state index contributed by atoms with van der Waals surface area (Å²) in [6.45, 7) is 1.52. The van der Waals surface area contributed by atoms with Crippen LogP contribution in [-0.4, -0.2) is 20.3 Å². The van der Waals surface area contributed by atoms with Gasteiger partial charge in [0.15, 0.2) is 6.20 Å². The minimum Gasteiger partial charge on any atom is -0.618 e. The summed E-state index contributed by atoms with van der Waals surface area (Å²) in [5.74, 6) is 0. The van der Waals surface area contributed by atoms with Gasteiger partial charge in [0, 0.05) is 18.7 Å². The van der Waals surface area contributed by atoms with Crippen LogP contribution in [0.5, 0.6) is 0 Å². The molecule has 0 radical (unpaired) electrons. The topological polar surface area (TPSA) is 45.4 Å². The highest BCUT2D eigenvalue weighted by Gasteiger charge is 2.10. The molecule has 0 aromatic carbocycles. The van der Waals surface area contributed by atoms with Gasteiger partial charge in [0.1, 0.15) is 0 Å². The molecule has 0 unspecified atom stereocenters. The van der Waals surface area contributed by atoms with Crippen molar-refractivity contribution in [3.05, 3.63) is 46.6 Å². The highest BCUT2D eigenvalue weighted by molar-refractivity contribution is 7.13. The molecule has 0 aliphatic heterocycles. The van der Waals surface area contributed by atoms with E-state index in [9.17, 15) is 5.21 Å². The summed E-state index contributed by atoms with van der Waals surface area (Å²) >= 11 is 1.55. The molecule has 0 amide bonds. The summed E-state index contributed by atoms with van der Waals surface area (Å²) in [6, 6.07) is 7.61.